The Morgan fingerprint density at radius 1 is 1.19 bits per heavy atom. The maximum atomic E-state index is 12.3. The summed E-state index contributed by atoms with van der Waals surface area (Å²) < 4.78 is 18.4. The lowest BCUT2D eigenvalue weighted by atomic mass is 10.2. The molecular formula is C20H17ClN2O4. The number of hydrogen-bond donors (Lipinski definition) is 0. The van der Waals surface area contributed by atoms with Gasteiger partial charge in [-0.15, -0.1) is 0 Å². The Labute approximate surface area is 161 Å². The third kappa shape index (κ3) is 4.06. The zero-order valence-corrected chi connectivity index (χ0v) is 15.1. The summed E-state index contributed by atoms with van der Waals surface area (Å²) >= 11 is 6.16. The van der Waals surface area contributed by atoms with Gasteiger partial charge in [-0.3, -0.25) is 4.68 Å². The second kappa shape index (κ2) is 7.72. The number of fused-ring (bicyclic) bond motifs is 1. The topological polar surface area (TPSA) is 62.6 Å². The average Bonchev–Trinajstić information content (AvgIpc) is 3.16. The van der Waals surface area contributed by atoms with Gasteiger partial charge in [0.05, 0.1) is 18.3 Å². The van der Waals surface area contributed by atoms with Crippen LogP contribution >= 0.6 is 11.6 Å². The summed E-state index contributed by atoms with van der Waals surface area (Å²) in [5.41, 5.74) is 1.30. The van der Waals surface area contributed by atoms with Crippen molar-refractivity contribution in [2.24, 2.45) is 0 Å². The highest BCUT2D eigenvalue weighted by molar-refractivity contribution is 6.31. The number of hydrogen-bond acceptors (Lipinski definition) is 5. The molecule has 2 heterocycles. The smallest absolute Gasteiger partial charge is 0.341 e. The van der Waals surface area contributed by atoms with Gasteiger partial charge in [-0.2, -0.15) is 5.10 Å². The number of ether oxygens (including phenoxy) is 3. The largest absolute Gasteiger partial charge is 0.486 e. The molecule has 1 aliphatic heterocycles. The molecule has 0 radical (unpaired) electrons. The maximum absolute atomic E-state index is 12.3. The van der Waals surface area contributed by atoms with Crippen LogP contribution in [0.2, 0.25) is 5.02 Å². The lowest BCUT2D eigenvalue weighted by Crippen LogP contribution is -2.34. The number of rotatable bonds is 5. The van der Waals surface area contributed by atoms with Crippen molar-refractivity contribution in [2.45, 2.75) is 12.6 Å². The molecule has 1 unspecified atom stereocenters. The maximum Gasteiger partial charge on any atom is 0.341 e. The van der Waals surface area contributed by atoms with E-state index in [1.165, 1.54) is 6.20 Å². The van der Waals surface area contributed by atoms with Crippen LogP contribution in [0.5, 0.6) is 11.5 Å². The van der Waals surface area contributed by atoms with Crippen molar-refractivity contribution in [1.29, 1.82) is 0 Å². The Hall–Kier alpha value is -2.99. The fraction of sp³-hybridized carbons (Fsp3) is 0.200. The zero-order chi connectivity index (χ0) is 18.6. The summed E-state index contributed by atoms with van der Waals surface area (Å²) in [7, 11) is 0. The zero-order valence-electron chi connectivity index (χ0n) is 14.4. The van der Waals surface area contributed by atoms with E-state index in [1.807, 2.05) is 48.5 Å². The summed E-state index contributed by atoms with van der Waals surface area (Å²) in [5, 5.41) is 4.86. The first-order valence-electron chi connectivity index (χ1n) is 8.50. The van der Waals surface area contributed by atoms with Crippen LogP contribution < -0.4 is 9.47 Å². The van der Waals surface area contributed by atoms with Gasteiger partial charge in [0.15, 0.2) is 17.6 Å². The number of carbonyl (C=O) groups excluding carboxylic acids is 1. The molecule has 0 aliphatic carbocycles. The number of halogens is 1. The molecule has 6 nitrogen and oxygen atoms in total. The highest BCUT2D eigenvalue weighted by atomic mass is 35.5. The van der Waals surface area contributed by atoms with Crippen LogP contribution in [0.3, 0.4) is 0 Å². The summed E-state index contributed by atoms with van der Waals surface area (Å²) in [4.78, 5) is 12.3. The molecule has 4 rings (SSSR count). The molecule has 7 heteroatoms. The van der Waals surface area contributed by atoms with Crippen LogP contribution in [0, 0.1) is 0 Å². The van der Waals surface area contributed by atoms with Crippen LogP contribution in [0.4, 0.5) is 0 Å². The van der Waals surface area contributed by atoms with Gasteiger partial charge in [0.2, 0.25) is 0 Å². The van der Waals surface area contributed by atoms with E-state index in [0.29, 0.717) is 35.2 Å². The average molecular weight is 385 g/mol. The number of carbonyl (C=O) groups is 1. The van der Waals surface area contributed by atoms with Crippen LogP contribution in [0.1, 0.15) is 15.9 Å². The van der Waals surface area contributed by atoms with Crippen LogP contribution in [0.15, 0.2) is 60.9 Å². The lowest BCUT2D eigenvalue weighted by molar-refractivity contribution is 0.0109. The van der Waals surface area contributed by atoms with Gasteiger partial charge < -0.3 is 14.2 Å². The van der Waals surface area contributed by atoms with Gasteiger partial charge in [0.25, 0.3) is 0 Å². The van der Waals surface area contributed by atoms with E-state index in [9.17, 15) is 4.79 Å². The third-order valence-corrected chi connectivity index (χ3v) is 4.50. The van der Waals surface area contributed by atoms with Crippen molar-refractivity contribution in [3.05, 3.63) is 77.1 Å². The van der Waals surface area contributed by atoms with Crippen molar-refractivity contribution in [3.8, 4) is 11.5 Å². The van der Waals surface area contributed by atoms with E-state index in [1.54, 1.807) is 10.9 Å². The first kappa shape index (κ1) is 17.4. The van der Waals surface area contributed by atoms with Gasteiger partial charge in [0.1, 0.15) is 13.2 Å². The van der Waals surface area contributed by atoms with Crippen molar-refractivity contribution in [3.63, 3.8) is 0 Å². The van der Waals surface area contributed by atoms with E-state index in [4.69, 9.17) is 25.8 Å². The van der Waals surface area contributed by atoms with E-state index in [-0.39, 0.29) is 12.7 Å². The van der Waals surface area contributed by atoms with Crippen LogP contribution in [-0.2, 0) is 11.3 Å². The fourth-order valence-corrected chi connectivity index (χ4v) is 2.95. The van der Waals surface area contributed by atoms with Crippen molar-refractivity contribution < 1.29 is 19.0 Å². The summed E-state index contributed by atoms with van der Waals surface area (Å²) in [6.07, 6.45) is 2.77. The second-order valence-electron chi connectivity index (χ2n) is 6.11. The molecule has 0 N–H and O–H groups in total. The predicted molar refractivity (Wildman–Crippen MR) is 99.4 cm³/mol. The fourth-order valence-electron chi connectivity index (χ4n) is 2.75. The van der Waals surface area contributed by atoms with E-state index in [2.05, 4.69) is 5.10 Å². The van der Waals surface area contributed by atoms with Gasteiger partial charge in [-0.25, -0.2) is 4.79 Å². The minimum atomic E-state index is -0.456. The molecule has 0 amide bonds. The first-order valence-corrected chi connectivity index (χ1v) is 8.88. The lowest BCUT2D eigenvalue weighted by Gasteiger charge is -2.25. The van der Waals surface area contributed by atoms with Crippen molar-refractivity contribution >= 4 is 17.6 Å². The molecule has 1 aliphatic rings. The molecule has 0 saturated carbocycles. The van der Waals surface area contributed by atoms with E-state index in [0.717, 1.165) is 5.56 Å². The Bertz CT molecular complexity index is 956. The van der Waals surface area contributed by atoms with Crippen LogP contribution in [0.25, 0.3) is 0 Å². The Morgan fingerprint density at radius 3 is 2.81 bits per heavy atom. The molecule has 0 bridgehead atoms. The minimum absolute atomic E-state index is 0.100. The minimum Gasteiger partial charge on any atom is -0.486 e. The number of esters is 1. The van der Waals surface area contributed by atoms with Crippen molar-refractivity contribution in [1.82, 2.24) is 9.78 Å². The molecule has 27 heavy (non-hydrogen) atoms. The Balaban J connectivity index is 1.33. The first-order chi connectivity index (χ1) is 13.2. The molecule has 0 spiro atoms. The Kier molecular flexibility index (Phi) is 4.98. The van der Waals surface area contributed by atoms with Crippen molar-refractivity contribution in [2.75, 3.05) is 13.2 Å². The molecule has 2 aromatic carbocycles. The van der Waals surface area contributed by atoms with Gasteiger partial charge in [-0.05, 0) is 23.8 Å². The van der Waals surface area contributed by atoms with E-state index >= 15 is 0 Å². The molecule has 1 atom stereocenters. The van der Waals surface area contributed by atoms with Gasteiger partial charge in [0, 0.05) is 11.2 Å². The predicted octanol–water partition coefficient (Wildman–Crippen LogP) is 3.58. The molecule has 3 aromatic rings. The van der Waals surface area contributed by atoms with Gasteiger partial charge >= 0.3 is 5.97 Å². The number of nitrogens with zero attached hydrogens (tertiary/aromatic N) is 2. The van der Waals surface area contributed by atoms with Gasteiger partial charge in [-0.1, -0.05) is 41.9 Å². The monoisotopic (exact) mass is 384 g/mol. The van der Waals surface area contributed by atoms with E-state index < -0.39 is 5.97 Å². The second-order valence-corrected chi connectivity index (χ2v) is 6.52. The SMILES string of the molecule is O=C(OCC1COc2ccccc2O1)c1cnn(Cc2ccccc2Cl)c1. The summed E-state index contributed by atoms with van der Waals surface area (Å²) in [5.74, 6) is 0.890. The molecule has 0 saturated heterocycles. The molecule has 0 fully saturated rings. The molecular weight excluding hydrogens is 368 g/mol. The number of benzene rings is 2. The highest BCUT2D eigenvalue weighted by Crippen LogP contribution is 2.30. The normalized spacial score (nSPS) is 15.4. The summed E-state index contributed by atoms with van der Waals surface area (Å²) in [6.45, 7) is 0.905. The standard InChI is InChI=1S/C20H17ClN2O4/c21-17-6-2-1-5-14(17)10-23-11-15(9-22-23)20(24)26-13-16-12-25-18-7-3-4-8-19(18)27-16/h1-9,11,16H,10,12-13H2. The Morgan fingerprint density at radius 2 is 1.96 bits per heavy atom. The molecule has 1 aromatic heterocycles. The van der Waals surface area contributed by atoms with Crippen LogP contribution in [-0.4, -0.2) is 35.1 Å². The molecule has 138 valence electrons. The summed E-state index contributed by atoms with van der Waals surface area (Å²) in [6, 6.07) is 14.9. The quantitative estimate of drug-likeness (QED) is 0.629. The number of para-hydroxylation sites is 2. The highest BCUT2D eigenvalue weighted by Gasteiger charge is 2.22. The third-order valence-electron chi connectivity index (χ3n) is 4.13. The number of aromatic nitrogens is 2.